The molecule has 4 rings (SSSR count). The molecule has 3 aromatic rings. The Kier molecular flexibility index (Phi) is 3.05. The van der Waals surface area contributed by atoms with Gasteiger partial charge in [0.15, 0.2) is 0 Å². The number of methoxy groups -OCH3 is 1. The summed E-state index contributed by atoms with van der Waals surface area (Å²) in [6, 6.07) is 10.9. The molecule has 114 valence electrons. The lowest BCUT2D eigenvalue weighted by Crippen LogP contribution is -2.22. The van der Waals surface area contributed by atoms with Crippen LogP contribution in [0.1, 0.15) is 23.1 Å². The molecule has 0 radical (unpaired) electrons. The third-order valence-electron chi connectivity index (χ3n) is 5.14. The van der Waals surface area contributed by atoms with E-state index in [9.17, 15) is 0 Å². The first-order valence-electron chi connectivity index (χ1n) is 8.02. The van der Waals surface area contributed by atoms with Gasteiger partial charge in [0.05, 0.1) is 7.11 Å². The maximum absolute atomic E-state index is 5.63. The molecule has 1 nitrogen and oxygen atoms in total. The number of fused-ring (bicyclic) bond motifs is 2. The van der Waals surface area contributed by atoms with Gasteiger partial charge in [-0.3, -0.25) is 0 Å². The summed E-state index contributed by atoms with van der Waals surface area (Å²) in [5.74, 6) is 1.08. The van der Waals surface area contributed by atoms with E-state index in [0.29, 0.717) is 0 Å². The van der Waals surface area contributed by atoms with Gasteiger partial charge in [-0.2, -0.15) is 0 Å². The van der Waals surface area contributed by atoms with E-state index >= 15 is 0 Å². The largest absolute Gasteiger partial charge is 0.500 e. The Morgan fingerprint density at radius 1 is 1.04 bits per heavy atom. The Balaban J connectivity index is 2.39. The highest BCUT2D eigenvalue weighted by atomic mass is 16.5. The van der Waals surface area contributed by atoms with Crippen LogP contribution in [0.4, 0.5) is 0 Å². The number of hydrogen-bond acceptors (Lipinski definition) is 1. The lowest BCUT2D eigenvalue weighted by atomic mass is 9.86. The van der Waals surface area contributed by atoms with Crippen LogP contribution < -0.4 is 10.4 Å². The molecule has 23 heavy (non-hydrogen) atoms. The maximum Gasteiger partial charge on any atom is 0.104 e. The van der Waals surface area contributed by atoms with Crippen LogP contribution in [-0.2, 0) is 11.2 Å². The smallest absolute Gasteiger partial charge is 0.104 e. The molecule has 0 spiro atoms. The second-order valence-electron chi connectivity index (χ2n) is 6.24. The second-order valence-corrected chi connectivity index (χ2v) is 6.24. The van der Waals surface area contributed by atoms with Crippen molar-refractivity contribution in [2.75, 3.05) is 7.11 Å². The minimum atomic E-state index is 0.936. The molecule has 0 N–H and O–H groups in total. The van der Waals surface area contributed by atoms with E-state index in [2.05, 4.69) is 50.4 Å². The van der Waals surface area contributed by atoms with Crippen molar-refractivity contribution in [1.82, 2.24) is 0 Å². The minimum Gasteiger partial charge on any atom is -0.500 e. The van der Waals surface area contributed by atoms with Crippen molar-refractivity contribution in [2.45, 2.75) is 19.8 Å². The van der Waals surface area contributed by atoms with Crippen LogP contribution in [0.15, 0.2) is 36.9 Å². The van der Waals surface area contributed by atoms with Gasteiger partial charge in [-0.1, -0.05) is 49.6 Å². The standard InChI is InChI=1S/C22H20O/c1-5-15-13(2)9-10-18-17-7-6-8-19-20(23-4)12-11-16(22(17)19)14(3)21(15)18/h5-10H,1,3,11-12H2,2,4H3. The summed E-state index contributed by atoms with van der Waals surface area (Å²) in [5.41, 5.74) is 3.82. The van der Waals surface area contributed by atoms with Gasteiger partial charge in [-0.15, -0.1) is 0 Å². The molecular formula is C22H20O. The van der Waals surface area contributed by atoms with Crippen molar-refractivity contribution >= 4 is 40.0 Å². The Hall–Kier alpha value is -2.54. The first kappa shape index (κ1) is 14.1. The van der Waals surface area contributed by atoms with Gasteiger partial charge in [0.1, 0.15) is 5.76 Å². The number of aryl methyl sites for hydroxylation is 2. The molecular weight excluding hydrogens is 280 g/mol. The van der Waals surface area contributed by atoms with Crippen LogP contribution in [0.3, 0.4) is 0 Å². The molecule has 0 bridgehead atoms. The highest BCUT2D eigenvalue weighted by molar-refractivity contribution is 6.12. The molecule has 0 aromatic heterocycles. The summed E-state index contributed by atoms with van der Waals surface area (Å²) >= 11 is 0. The van der Waals surface area contributed by atoms with Gasteiger partial charge in [0.25, 0.3) is 0 Å². The van der Waals surface area contributed by atoms with Crippen LogP contribution in [0.25, 0.3) is 40.0 Å². The van der Waals surface area contributed by atoms with E-state index in [1.54, 1.807) is 7.11 Å². The molecule has 1 aliphatic rings. The summed E-state index contributed by atoms with van der Waals surface area (Å²) in [7, 11) is 1.77. The fraction of sp³-hybridized carbons (Fsp3) is 0.182. The number of ether oxygens (including phenoxy) is 1. The fourth-order valence-electron chi connectivity index (χ4n) is 4.03. The van der Waals surface area contributed by atoms with Crippen LogP contribution in [0, 0.1) is 6.92 Å². The van der Waals surface area contributed by atoms with Crippen LogP contribution >= 0.6 is 0 Å². The SMILES string of the molecule is C=Cc1c(C)ccc2c1c(=C)c1c3c(cccc32)=C(OC)CC1. The Morgan fingerprint density at radius 3 is 2.57 bits per heavy atom. The van der Waals surface area contributed by atoms with E-state index in [1.807, 2.05) is 6.08 Å². The zero-order chi connectivity index (χ0) is 16.1. The molecule has 0 amide bonds. The van der Waals surface area contributed by atoms with E-state index in [1.165, 1.54) is 43.5 Å². The molecule has 1 aliphatic carbocycles. The molecule has 3 aromatic carbocycles. The quantitative estimate of drug-likeness (QED) is 0.649. The maximum atomic E-state index is 5.63. The van der Waals surface area contributed by atoms with Gasteiger partial charge in [-0.05, 0) is 56.8 Å². The first-order chi connectivity index (χ1) is 11.2. The average Bonchev–Trinajstić information content (AvgIpc) is 2.58. The predicted molar refractivity (Wildman–Crippen MR) is 99.8 cm³/mol. The number of rotatable bonds is 2. The zero-order valence-electron chi connectivity index (χ0n) is 13.7. The van der Waals surface area contributed by atoms with Gasteiger partial charge < -0.3 is 4.74 Å². The van der Waals surface area contributed by atoms with Crippen LogP contribution in [0.2, 0.25) is 0 Å². The summed E-state index contributed by atoms with van der Waals surface area (Å²) in [6.45, 7) is 10.6. The predicted octanol–water partition coefficient (Wildman–Crippen LogP) is 4.06. The molecule has 0 saturated carbocycles. The number of hydrogen-bond donors (Lipinski definition) is 0. The summed E-state index contributed by atoms with van der Waals surface area (Å²) in [4.78, 5) is 0. The summed E-state index contributed by atoms with van der Waals surface area (Å²) in [5, 5.41) is 7.48. The summed E-state index contributed by atoms with van der Waals surface area (Å²) in [6.07, 6.45) is 3.88. The van der Waals surface area contributed by atoms with Crippen molar-refractivity contribution in [2.24, 2.45) is 0 Å². The highest BCUT2D eigenvalue weighted by Gasteiger charge is 2.18. The molecule has 0 aliphatic heterocycles. The van der Waals surface area contributed by atoms with E-state index in [-0.39, 0.29) is 0 Å². The van der Waals surface area contributed by atoms with E-state index in [0.717, 1.165) is 23.8 Å². The Morgan fingerprint density at radius 2 is 1.83 bits per heavy atom. The van der Waals surface area contributed by atoms with Gasteiger partial charge in [-0.25, -0.2) is 0 Å². The van der Waals surface area contributed by atoms with Gasteiger partial charge >= 0.3 is 0 Å². The van der Waals surface area contributed by atoms with Crippen molar-refractivity contribution in [3.05, 3.63) is 64.0 Å². The number of benzene rings is 3. The third-order valence-corrected chi connectivity index (χ3v) is 5.14. The average molecular weight is 300 g/mol. The van der Waals surface area contributed by atoms with Crippen molar-refractivity contribution in [3.63, 3.8) is 0 Å². The molecule has 0 fully saturated rings. The van der Waals surface area contributed by atoms with E-state index < -0.39 is 0 Å². The second kappa shape index (κ2) is 4.99. The van der Waals surface area contributed by atoms with Crippen LogP contribution in [0.5, 0.6) is 0 Å². The fourth-order valence-corrected chi connectivity index (χ4v) is 4.03. The van der Waals surface area contributed by atoms with Crippen LogP contribution in [-0.4, -0.2) is 7.11 Å². The normalized spacial score (nSPS) is 13.6. The highest BCUT2D eigenvalue weighted by Crippen LogP contribution is 2.30. The Bertz CT molecular complexity index is 1090. The Labute approximate surface area is 136 Å². The minimum absolute atomic E-state index is 0.936. The van der Waals surface area contributed by atoms with Gasteiger partial charge in [0.2, 0.25) is 0 Å². The summed E-state index contributed by atoms with van der Waals surface area (Å²) < 4.78 is 5.63. The van der Waals surface area contributed by atoms with Crippen molar-refractivity contribution in [1.29, 1.82) is 0 Å². The van der Waals surface area contributed by atoms with Crippen molar-refractivity contribution < 1.29 is 4.74 Å². The lowest BCUT2D eigenvalue weighted by Gasteiger charge is -2.20. The molecule has 0 unspecified atom stereocenters. The molecule has 0 heterocycles. The monoisotopic (exact) mass is 300 g/mol. The first-order valence-corrected chi connectivity index (χ1v) is 8.02. The third kappa shape index (κ3) is 1.80. The molecule has 1 heteroatoms. The molecule has 0 saturated heterocycles. The topological polar surface area (TPSA) is 9.23 Å². The molecule has 0 atom stereocenters. The zero-order valence-corrected chi connectivity index (χ0v) is 13.7. The lowest BCUT2D eigenvalue weighted by molar-refractivity contribution is 0.348. The van der Waals surface area contributed by atoms with Gasteiger partial charge in [0, 0.05) is 11.6 Å². The van der Waals surface area contributed by atoms with E-state index in [4.69, 9.17) is 4.74 Å². The van der Waals surface area contributed by atoms with Crippen molar-refractivity contribution in [3.8, 4) is 0 Å².